The highest BCUT2D eigenvalue weighted by atomic mass is 19.4. The lowest BCUT2D eigenvalue weighted by molar-refractivity contribution is -0.274. The van der Waals surface area contributed by atoms with Crippen molar-refractivity contribution in [1.29, 1.82) is 0 Å². The molecule has 0 spiro atoms. The second-order valence-electron chi connectivity index (χ2n) is 6.69. The summed E-state index contributed by atoms with van der Waals surface area (Å²) < 4.78 is 41.4. The zero-order valence-electron chi connectivity index (χ0n) is 15.5. The Morgan fingerprint density at radius 3 is 2.55 bits per heavy atom. The maximum atomic E-state index is 12.5. The van der Waals surface area contributed by atoms with Crippen molar-refractivity contribution in [2.24, 2.45) is 0 Å². The molecule has 8 heteroatoms. The zero-order valence-corrected chi connectivity index (χ0v) is 15.5. The van der Waals surface area contributed by atoms with Crippen LogP contribution in [-0.2, 0) is 4.79 Å². The molecular formula is C21H19F3N2O3. The summed E-state index contributed by atoms with van der Waals surface area (Å²) in [5.41, 5.74) is 1.72. The lowest BCUT2D eigenvalue weighted by Gasteiger charge is -2.11. The van der Waals surface area contributed by atoms with E-state index in [2.05, 4.69) is 15.4 Å². The molecule has 0 radical (unpaired) electrons. The molecule has 1 saturated carbocycles. The van der Waals surface area contributed by atoms with Crippen LogP contribution < -0.4 is 15.4 Å². The van der Waals surface area contributed by atoms with Gasteiger partial charge in [0.25, 0.3) is 5.91 Å². The van der Waals surface area contributed by atoms with E-state index in [9.17, 15) is 22.8 Å². The summed E-state index contributed by atoms with van der Waals surface area (Å²) in [4.78, 5) is 24.4. The minimum Gasteiger partial charge on any atom is -0.405 e. The fourth-order valence-electron chi connectivity index (χ4n) is 2.57. The molecular weight excluding hydrogens is 385 g/mol. The van der Waals surface area contributed by atoms with Crippen LogP contribution in [0, 0.1) is 6.92 Å². The van der Waals surface area contributed by atoms with Crippen LogP contribution in [0.25, 0.3) is 6.08 Å². The maximum Gasteiger partial charge on any atom is 0.573 e. The van der Waals surface area contributed by atoms with Crippen LogP contribution in [-0.4, -0.2) is 24.2 Å². The first-order valence-corrected chi connectivity index (χ1v) is 8.96. The fourth-order valence-corrected chi connectivity index (χ4v) is 2.57. The third-order valence-corrected chi connectivity index (χ3v) is 4.23. The number of hydrogen-bond donors (Lipinski definition) is 2. The Bertz CT molecular complexity index is 950. The van der Waals surface area contributed by atoms with E-state index >= 15 is 0 Å². The zero-order chi connectivity index (χ0) is 21.0. The van der Waals surface area contributed by atoms with Gasteiger partial charge in [0.1, 0.15) is 5.75 Å². The standard InChI is InChI=1S/C21H19F3N2O3/c1-13-6-7-15(20(28)25-16-9-10-16)12-17(13)26-19(27)11-8-14-4-2-3-5-18(14)29-21(22,23)24/h2-8,11-12,16H,9-10H2,1H3,(H,25,28)(H,26,27). The molecule has 0 aromatic heterocycles. The highest BCUT2D eigenvalue weighted by Gasteiger charge is 2.31. The Kier molecular flexibility index (Phi) is 5.91. The Labute approximate surface area is 165 Å². The number of carbonyl (C=O) groups excluding carboxylic acids is 2. The molecule has 1 fully saturated rings. The van der Waals surface area contributed by atoms with E-state index in [1.54, 1.807) is 25.1 Å². The second kappa shape index (κ2) is 8.38. The summed E-state index contributed by atoms with van der Waals surface area (Å²) in [6, 6.07) is 10.7. The van der Waals surface area contributed by atoms with E-state index in [1.807, 2.05) is 0 Å². The number of para-hydroxylation sites is 1. The normalized spacial score (nSPS) is 13.9. The number of carbonyl (C=O) groups is 2. The highest BCUT2D eigenvalue weighted by molar-refractivity contribution is 6.03. The number of benzene rings is 2. The molecule has 5 nitrogen and oxygen atoms in total. The van der Waals surface area contributed by atoms with Crippen LogP contribution >= 0.6 is 0 Å². The molecule has 2 amide bonds. The van der Waals surface area contributed by atoms with Crippen molar-refractivity contribution in [2.45, 2.75) is 32.2 Å². The number of rotatable bonds is 6. The maximum absolute atomic E-state index is 12.5. The first-order valence-electron chi connectivity index (χ1n) is 8.96. The van der Waals surface area contributed by atoms with Gasteiger partial charge in [0.2, 0.25) is 5.91 Å². The van der Waals surface area contributed by atoms with Gasteiger partial charge in [-0.15, -0.1) is 13.2 Å². The number of amides is 2. The molecule has 0 unspecified atom stereocenters. The fraction of sp³-hybridized carbons (Fsp3) is 0.238. The van der Waals surface area contributed by atoms with Gasteiger partial charge in [-0.05, 0) is 49.6 Å². The summed E-state index contributed by atoms with van der Waals surface area (Å²) in [5, 5.41) is 5.51. The number of hydrogen-bond acceptors (Lipinski definition) is 3. The van der Waals surface area contributed by atoms with Crippen molar-refractivity contribution < 1.29 is 27.5 Å². The number of ether oxygens (including phenoxy) is 1. The Balaban J connectivity index is 1.70. The van der Waals surface area contributed by atoms with Crippen LogP contribution in [0.1, 0.15) is 34.3 Å². The summed E-state index contributed by atoms with van der Waals surface area (Å²) in [7, 11) is 0. The first kappa shape index (κ1) is 20.4. The van der Waals surface area contributed by atoms with Crippen molar-refractivity contribution >= 4 is 23.6 Å². The number of anilines is 1. The molecule has 2 N–H and O–H groups in total. The topological polar surface area (TPSA) is 67.4 Å². The highest BCUT2D eigenvalue weighted by Crippen LogP contribution is 2.27. The number of halogens is 3. The molecule has 29 heavy (non-hydrogen) atoms. The van der Waals surface area contributed by atoms with Crippen molar-refractivity contribution in [3.63, 3.8) is 0 Å². The van der Waals surface area contributed by atoms with Gasteiger partial charge in [0.05, 0.1) is 0 Å². The Morgan fingerprint density at radius 1 is 1.14 bits per heavy atom. The van der Waals surface area contributed by atoms with Gasteiger partial charge in [-0.1, -0.05) is 24.3 Å². The van der Waals surface area contributed by atoms with Crippen LogP contribution in [0.15, 0.2) is 48.5 Å². The summed E-state index contributed by atoms with van der Waals surface area (Å²) in [6.07, 6.45) is -0.563. The largest absolute Gasteiger partial charge is 0.573 e. The van der Waals surface area contributed by atoms with Gasteiger partial charge < -0.3 is 15.4 Å². The predicted molar refractivity (Wildman–Crippen MR) is 102 cm³/mol. The van der Waals surface area contributed by atoms with Crippen molar-refractivity contribution in [3.05, 3.63) is 65.2 Å². The number of alkyl halides is 3. The minimum atomic E-state index is -4.83. The van der Waals surface area contributed by atoms with Crippen molar-refractivity contribution in [3.8, 4) is 5.75 Å². The third-order valence-electron chi connectivity index (χ3n) is 4.23. The van der Waals surface area contributed by atoms with E-state index in [0.717, 1.165) is 30.5 Å². The van der Waals surface area contributed by atoms with Gasteiger partial charge in [-0.25, -0.2) is 0 Å². The average Bonchev–Trinajstić information content (AvgIpc) is 3.45. The number of nitrogens with one attached hydrogen (secondary N) is 2. The molecule has 0 saturated heterocycles. The lowest BCUT2D eigenvalue weighted by Crippen LogP contribution is -2.25. The van der Waals surface area contributed by atoms with E-state index in [1.165, 1.54) is 24.3 Å². The first-order chi connectivity index (χ1) is 13.7. The monoisotopic (exact) mass is 404 g/mol. The van der Waals surface area contributed by atoms with Crippen LogP contribution in [0.4, 0.5) is 18.9 Å². The molecule has 0 aliphatic heterocycles. The van der Waals surface area contributed by atoms with Gasteiger partial charge in [0.15, 0.2) is 0 Å². The molecule has 3 rings (SSSR count). The van der Waals surface area contributed by atoms with Crippen LogP contribution in [0.5, 0.6) is 5.75 Å². The molecule has 1 aliphatic carbocycles. The molecule has 1 aliphatic rings. The quantitative estimate of drug-likeness (QED) is 0.700. The molecule has 0 bridgehead atoms. The minimum absolute atomic E-state index is 0.106. The Hall–Kier alpha value is -3.29. The van der Waals surface area contributed by atoms with Crippen molar-refractivity contribution in [2.75, 3.05) is 5.32 Å². The van der Waals surface area contributed by atoms with E-state index in [4.69, 9.17) is 0 Å². The second-order valence-corrected chi connectivity index (χ2v) is 6.69. The van der Waals surface area contributed by atoms with Gasteiger partial charge in [-0.3, -0.25) is 9.59 Å². The van der Waals surface area contributed by atoms with Crippen molar-refractivity contribution in [1.82, 2.24) is 5.32 Å². The lowest BCUT2D eigenvalue weighted by atomic mass is 10.1. The van der Waals surface area contributed by atoms with Gasteiger partial charge >= 0.3 is 6.36 Å². The van der Waals surface area contributed by atoms with Crippen LogP contribution in [0.2, 0.25) is 0 Å². The predicted octanol–water partition coefficient (Wildman–Crippen LogP) is 4.44. The average molecular weight is 404 g/mol. The van der Waals surface area contributed by atoms with Gasteiger partial charge in [0, 0.05) is 28.9 Å². The Morgan fingerprint density at radius 2 is 1.86 bits per heavy atom. The summed E-state index contributed by atoms with van der Waals surface area (Å²) in [6.45, 7) is 1.77. The van der Waals surface area contributed by atoms with E-state index in [-0.39, 0.29) is 17.5 Å². The third kappa shape index (κ3) is 6.10. The summed E-state index contributed by atoms with van der Waals surface area (Å²) in [5.74, 6) is -1.16. The van der Waals surface area contributed by atoms with E-state index in [0.29, 0.717) is 11.3 Å². The molecule has 2 aromatic rings. The SMILES string of the molecule is Cc1ccc(C(=O)NC2CC2)cc1NC(=O)C=Cc1ccccc1OC(F)(F)F. The van der Waals surface area contributed by atoms with Crippen LogP contribution in [0.3, 0.4) is 0 Å². The molecule has 2 aromatic carbocycles. The molecule has 0 heterocycles. The smallest absolute Gasteiger partial charge is 0.405 e. The number of aryl methyl sites for hydroxylation is 1. The molecule has 0 atom stereocenters. The summed E-state index contributed by atoms with van der Waals surface area (Å²) >= 11 is 0. The van der Waals surface area contributed by atoms with Gasteiger partial charge in [-0.2, -0.15) is 0 Å². The molecule has 152 valence electrons. The van der Waals surface area contributed by atoms with E-state index < -0.39 is 18.0 Å².